The number of aromatic nitrogens is 8. The van der Waals surface area contributed by atoms with E-state index in [0.717, 1.165) is 183 Å². The first-order valence-corrected chi connectivity index (χ1v) is 33.8. The number of benzene rings is 15. The summed E-state index contributed by atoms with van der Waals surface area (Å²) in [5.41, 5.74) is 23.7. The number of hydrogen-bond donors (Lipinski definition) is 0. The van der Waals surface area contributed by atoms with E-state index in [2.05, 4.69) is 315 Å². The van der Waals surface area contributed by atoms with Crippen molar-refractivity contribution in [3.05, 3.63) is 303 Å². The first kappa shape index (κ1) is 53.5. The average Bonchev–Trinajstić information content (AvgIpc) is 1.55. The van der Waals surface area contributed by atoms with Gasteiger partial charge in [0.2, 0.25) is 11.9 Å². The molecular formula is C90H50N8O2. The highest BCUT2D eigenvalue weighted by Gasteiger charge is 2.26. The van der Waals surface area contributed by atoms with Crippen LogP contribution in [0.25, 0.3) is 221 Å². The Balaban J connectivity index is 0.646. The van der Waals surface area contributed by atoms with Crippen molar-refractivity contribution < 1.29 is 8.83 Å². The highest BCUT2D eigenvalue weighted by molar-refractivity contribution is 6.24. The van der Waals surface area contributed by atoms with Crippen LogP contribution in [0.15, 0.2) is 312 Å². The van der Waals surface area contributed by atoms with Gasteiger partial charge in [-0.2, -0.15) is 0 Å². The second-order valence-corrected chi connectivity index (χ2v) is 26.5. The zero-order valence-electron chi connectivity index (χ0n) is 53.3. The summed E-state index contributed by atoms with van der Waals surface area (Å²) in [5.74, 6) is 1.56. The molecule has 0 saturated heterocycles. The molecule has 8 heterocycles. The lowest BCUT2D eigenvalue weighted by atomic mass is 9.98. The number of rotatable bonds is 6. The van der Waals surface area contributed by atoms with Crippen LogP contribution in [0.2, 0.25) is 0 Å². The molecule has 8 aromatic heterocycles. The molecule has 23 rings (SSSR count). The van der Waals surface area contributed by atoms with Crippen LogP contribution in [0.4, 0.5) is 0 Å². The standard InChI is InChI=1S/C90H50N8O2/c1-2-14-51(15-3-1)54-32-41-82-66(44-54)67-46-59(34-43-83(67)99-82)57-31-38-76-70(49-57)86-62-19-7-5-17-53(62)29-40-80(86)96(76)90-94-72-36-27-55(47-68(72)88-92-74-23-11-13-25-78(74)98(88)90)60-26-35-63-65-45-58(33-42-81(65)100-84(63)50-60)56-30-37-75-69(48-56)85-61-18-6-4-16-52(61)28-39-79(85)95(75)89-93-71-21-9-8-20-64(71)87-91-73-22-10-12-24-77(73)97(87)89/h1-50H. The SMILES string of the molecule is c1ccc(-c2ccc3oc4ccc(-c5ccc6c(c5)c5c7ccccc7ccc5n6-c5nc6ccc(-c7ccc8c(c7)oc7ccc(-c9ccc%10c(c9)c9c%11ccccc%11ccc9n%10-c9nc%10ccccc%10c%10nc%11ccccc%11n9%10)cc78)cc6c6nc7ccccc7n56)cc4c3c2)cc1. The van der Waals surface area contributed by atoms with Gasteiger partial charge in [0.1, 0.15) is 33.6 Å². The molecule has 0 atom stereocenters. The number of furan rings is 2. The molecule has 10 heteroatoms. The monoisotopic (exact) mass is 1270 g/mol. The first-order chi connectivity index (χ1) is 49.5. The number of hydrogen-bond acceptors (Lipinski definition) is 6. The Morgan fingerprint density at radius 2 is 0.600 bits per heavy atom. The van der Waals surface area contributed by atoms with Crippen LogP contribution in [0.5, 0.6) is 0 Å². The third-order valence-corrected chi connectivity index (χ3v) is 21.1. The molecule has 0 aliphatic heterocycles. The summed E-state index contributed by atoms with van der Waals surface area (Å²) in [7, 11) is 0. The van der Waals surface area contributed by atoms with E-state index >= 15 is 0 Å². The molecule has 23 aromatic rings. The van der Waals surface area contributed by atoms with Crippen LogP contribution in [-0.2, 0) is 0 Å². The summed E-state index contributed by atoms with van der Waals surface area (Å²) in [4.78, 5) is 21.8. The lowest BCUT2D eigenvalue weighted by Crippen LogP contribution is -2.06. The summed E-state index contributed by atoms with van der Waals surface area (Å²) in [5, 5.41) is 15.6. The van der Waals surface area contributed by atoms with Gasteiger partial charge in [0.05, 0.1) is 55.2 Å². The average molecular weight is 1280 g/mol. The van der Waals surface area contributed by atoms with Crippen molar-refractivity contribution in [3.8, 4) is 56.4 Å². The van der Waals surface area contributed by atoms with E-state index in [0.29, 0.717) is 0 Å². The third kappa shape index (κ3) is 7.55. The number of fused-ring (bicyclic) bond motifs is 26. The minimum absolute atomic E-state index is 0.763. The van der Waals surface area contributed by atoms with Crippen molar-refractivity contribution in [1.82, 2.24) is 37.9 Å². The Hall–Kier alpha value is -13.7. The van der Waals surface area contributed by atoms with E-state index in [1.165, 1.54) is 37.9 Å². The molecular weight excluding hydrogens is 1230 g/mol. The summed E-state index contributed by atoms with van der Waals surface area (Å²) in [6.07, 6.45) is 0. The van der Waals surface area contributed by atoms with E-state index in [-0.39, 0.29) is 0 Å². The Bertz CT molecular complexity index is 7550. The van der Waals surface area contributed by atoms with Gasteiger partial charge in [0, 0.05) is 53.9 Å². The Labute approximate surface area is 567 Å². The summed E-state index contributed by atoms with van der Waals surface area (Å²) in [6, 6.07) is 109. The predicted molar refractivity (Wildman–Crippen MR) is 410 cm³/mol. The van der Waals surface area contributed by atoms with Gasteiger partial charge >= 0.3 is 0 Å². The van der Waals surface area contributed by atoms with Crippen molar-refractivity contribution in [3.63, 3.8) is 0 Å². The van der Waals surface area contributed by atoms with Gasteiger partial charge in [0.25, 0.3) is 0 Å². The minimum Gasteiger partial charge on any atom is -0.456 e. The van der Waals surface area contributed by atoms with Crippen molar-refractivity contribution in [1.29, 1.82) is 0 Å². The maximum atomic E-state index is 6.80. The van der Waals surface area contributed by atoms with E-state index in [4.69, 9.17) is 28.8 Å². The molecule has 0 aliphatic carbocycles. The zero-order chi connectivity index (χ0) is 65.0. The first-order valence-electron chi connectivity index (χ1n) is 33.8. The molecule has 0 N–H and O–H groups in total. The number of imidazole rings is 2. The van der Waals surface area contributed by atoms with Crippen LogP contribution in [0.1, 0.15) is 0 Å². The lowest BCUT2D eigenvalue weighted by molar-refractivity contribution is 0.668. The summed E-state index contributed by atoms with van der Waals surface area (Å²) < 4.78 is 22.4. The van der Waals surface area contributed by atoms with Crippen LogP contribution in [0.3, 0.4) is 0 Å². The Morgan fingerprint density at radius 3 is 1.17 bits per heavy atom. The number of para-hydroxylation sites is 5. The molecule has 0 saturated carbocycles. The quantitative estimate of drug-likeness (QED) is 0.165. The maximum absolute atomic E-state index is 6.80. The highest BCUT2D eigenvalue weighted by Crippen LogP contribution is 2.45. The van der Waals surface area contributed by atoms with Gasteiger partial charge in [-0.15, -0.1) is 0 Å². The molecule has 0 amide bonds. The molecule has 0 bridgehead atoms. The summed E-state index contributed by atoms with van der Waals surface area (Å²) in [6.45, 7) is 0. The topological polar surface area (TPSA) is 96.5 Å². The lowest BCUT2D eigenvalue weighted by Gasteiger charge is -2.13. The second-order valence-electron chi connectivity index (χ2n) is 26.5. The molecule has 0 aliphatic rings. The van der Waals surface area contributed by atoms with Crippen LogP contribution in [-0.4, -0.2) is 37.9 Å². The van der Waals surface area contributed by atoms with E-state index in [9.17, 15) is 0 Å². The molecule has 0 radical (unpaired) electrons. The number of nitrogens with zero attached hydrogens (tertiary/aromatic N) is 8. The zero-order valence-corrected chi connectivity index (χ0v) is 53.3. The van der Waals surface area contributed by atoms with Gasteiger partial charge in [-0.1, -0.05) is 170 Å². The van der Waals surface area contributed by atoms with Crippen LogP contribution < -0.4 is 0 Å². The van der Waals surface area contributed by atoms with E-state index in [1.54, 1.807) is 0 Å². The minimum atomic E-state index is 0.763. The highest BCUT2D eigenvalue weighted by atomic mass is 16.3. The Morgan fingerprint density at radius 1 is 0.210 bits per heavy atom. The van der Waals surface area contributed by atoms with Crippen molar-refractivity contribution in [2.45, 2.75) is 0 Å². The molecule has 10 nitrogen and oxygen atoms in total. The van der Waals surface area contributed by atoms with Crippen molar-refractivity contribution in [2.24, 2.45) is 0 Å². The van der Waals surface area contributed by atoms with Gasteiger partial charge in [-0.3, -0.25) is 17.9 Å². The molecule has 100 heavy (non-hydrogen) atoms. The van der Waals surface area contributed by atoms with Gasteiger partial charge < -0.3 is 8.83 Å². The molecule has 462 valence electrons. The Kier molecular flexibility index (Phi) is 10.7. The van der Waals surface area contributed by atoms with Crippen molar-refractivity contribution in [2.75, 3.05) is 0 Å². The van der Waals surface area contributed by atoms with Gasteiger partial charge in [0.15, 0.2) is 0 Å². The fraction of sp³-hybridized carbons (Fsp3) is 0. The van der Waals surface area contributed by atoms with Gasteiger partial charge in [-0.05, 0) is 200 Å². The predicted octanol–water partition coefficient (Wildman–Crippen LogP) is 23.4. The van der Waals surface area contributed by atoms with E-state index < -0.39 is 0 Å². The van der Waals surface area contributed by atoms with Crippen LogP contribution >= 0.6 is 0 Å². The largest absolute Gasteiger partial charge is 0.456 e. The molecule has 15 aromatic carbocycles. The van der Waals surface area contributed by atoms with Gasteiger partial charge in [-0.25, -0.2) is 19.9 Å². The van der Waals surface area contributed by atoms with Crippen molar-refractivity contribution >= 4 is 164 Å². The second kappa shape index (κ2) is 20.0. The normalized spacial score (nSPS) is 12.4. The van der Waals surface area contributed by atoms with Crippen LogP contribution in [0, 0.1) is 0 Å². The fourth-order valence-corrected chi connectivity index (χ4v) is 16.5. The third-order valence-electron chi connectivity index (χ3n) is 21.1. The molecule has 0 fully saturated rings. The summed E-state index contributed by atoms with van der Waals surface area (Å²) >= 11 is 0. The molecule has 0 unspecified atom stereocenters. The van der Waals surface area contributed by atoms with E-state index in [1.807, 2.05) is 6.07 Å². The maximum Gasteiger partial charge on any atom is 0.221 e. The fourth-order valence-electron chi connectivity index (χ4n) is 16.5. The molecule has 0 spiro atoms. The smallest absolute Gasteiger partial charge is 0.221 e.